The van der Waals surface area contributed by atoms with Crippen LogP contribution in [0, 0.1) is 0 Å². The average molecular weight is 477 g/mol. The van der Waals surface area contributed by atoms with Crippen LogP contribution in [0.15, 0.2) is 62.8 Å². The Kier molecular flexibility index (Phi) is 7.54. The zero-order valence-corrected chi connectivity index (χ0v) is 19.8. The minimum absolute atomic E-state index is 0.0477. The standard InChI is InChI=1S/C21H24N4O5S2/c1-24(13-19-22-21(23-30-19)15-6-5-7-16(12-15)29-3)20(26)14-25(2)32(27,28)18-10-8-17(31-4)9-11-18/h5-12H,13-14H2,1-4H3. The van der Waals surface area contributed by atoms with Gasteiger partial charge >= 0.3 is 0 Å². The average Bonchev–Trinajstić information content (AvgIpc) is 3.27. The van der Waals surface area contributed by atoms with Crippen molar-refractivity contribution in [3.8, 4) is 17.1 Å². The fourth-order valence-electron chi connectivity index (χ4n) is 2.81. The van der Waals surface area contributed by atoms with Gasteiger partial charge in [0.05, 0.1) is 25.1 Å². The van der Waals surface area contributed by atoms with Crippen molar-refractivity contribution in [1.82, 2.24) is 19.3 Å². The van der Waals surface area contributed by atoms with Crippen LogP contribution in [-0.4, -0.2) is 67.7 Å². The molecule has 2 aromatic carbocycles. The molecule has 32 heavy (non-hydrogen) atoms. The number of hydrogen-bond acceptors (Lipinski definition) is 8. The number of likely N-dealkylation sites (N-methyl/N-ethyl adjacent to an activating group) is 2. The maximum atomic E-state index is 12.8. The summed E-state index contributed by atoms with van der Waals surface area (Å²) >= 11 is 1.52. The summed E-state index contributed by atoms with van der Waals surface area (Å²) < 4.78 is 37.0. The van der Waals surface area contributed by atoms with Crippen molar-refractivity contribution in [2.45, 2.75) is 16.3 Å². The first-order valence-electron chi connectivity index (χ1n) is 9.56. The van der Waals surface area contributed by atoms with Gasteiger partial charge in [-0.1, -0.05) is 17.3 Å². The van der Waals surface area contributed by atoms with Gasteiger partial charge in [0.15, 0.2) is 0 Å². The molecule has 0 saturated heterocycles. The maximum absolute atomic E-state index is 12.8. The third kappa shape index (κ3) is 5.47. The van der Waals surface area contributed by atoms with E-state index in [0.717, 1.165) is 9.20 Å². The molecule has 0 aliphatic rings. The second-order valence-corrected chi connectivity index (χ2v) is 9.85. The number of methoxy groups -OCH3 is 1. The number of carbonyl (C=O) groups excluding carboxylic acids is 1. The van der Waals surface area contributed by atoms with Gasteiger partial charge in [-0.05, 0) is 42.7 Å². The number of sulfonamides is 1. The fourth-order valence-corrected chi connectivity index (χ4v) is 4.34. The summed E-state index contributed by atoms with van der Waals surface area (Å²) in [6.07, 6.45) is 1.91. The van der Waals surface area contributed by atoms with E-state index in [0.29, 0.717) is 17.1 Å². The lowest BCUT2D eigenvalue weighted by Gasteiger charge is -2.21. The lowest BCUT2D eigenvalue weighted by Crippen LogP contribution is -2.39. The van der Waals surface area contributed by atoms with Gasteiger partial charge in [-0.3, -0.25) is 4.79 Å². The monoisotopic (exact) mass is 476 g/mol. The summed E-state index contributed by atoms with van der Waals surface area (Å²) in [4.78, 5) is 19.3. The van der Waals surface area contributed by atoms with Gasteiger partial charge in [-0.25, -0.2) is 8.42 Å². The molecule has 0 N–H and O–H groups in total. The highest BCUT2D eigenvalue weighted by molar-refractivity contribution is 7.98. The molecule has 1 amide bonds. The molecule has 0 aliphatic heterocycles. The Morgan fingerprint density at radius 3 is 2.53 bits per heavy atom. The number of carbonyl (C=O) groups is 1. The third-order valence-corrected chi connectivity index (χ3v) is 7.28. The Labute approximate surface area is 191 Å². The van der Waals surface area contributed by atoms with E-state index < -0.39 is 15.9 Å². The Morgan fingerprint density at radius 1 is 1.16 bits per heavy atom. The largest absolute Gasteiger partial charge is 0.497 e. The fraction of sp³-hybridized carbons (Fsp3) is 0.286. The van der Waals surface area contributed by atoms with E-state index in [9.17, 15) is 13.2 Å². The van der Waals surface area contributed by atoms with Gasteiger partial charge in [-0.2, -0.15) is 9.29 Å². The van der Waals surface area contributed by atoms with Crippen LogP contribution in [0.4, 0.5) is 0 Å². The van der Waals surface area contributed by atoms with Crippen molar-refractivity contribution in [2.24, 2.45) is 0 Å². The number of hydrogen-bond donors (Lipinski definition) is 0. The van der Waals surface area contributed by atoms with Gasteiger partial charge in [0.1, 0.15) is 5.75 Å². The Bertz CT molecular complexity index is 1180. The molecule has 11 heteroatoms. The molecular formula is C21H24N4O5S2. The number of amides is 1. The second-order valence-electron chi connectivity index (χ2n) is 6.93. The van der Waals surface area contributed by atoms with Gasteiger partial charge < -0.3 is 14.2 Å². The third-order valence-electron chi connectivity index (χ3n) is 4.72. The number of benzene rings is 2. The van der Waals surface area contributed by atoms with Gasteiger partial charge in [-0.15, -0.1) is 11.8 Å². The summed E-state index contributed by atoms with van der Waals surface area (Å²) in [5.74, 6) is 0.858. The highest BCUT2D eigenvalue weighted by atomic mass is 32.2. The van der Waals surface area contributed by atoms with Gasteiger partial charge in [0.25, 0.3) is 0 Å². The molecule has 1 aromatic heterocycles. The smallest absolute Gasteiger partial charge is 0.246 e. The summed E-state index contributed by atoms with van der Waals surface area (Å²) in [6.45, 7) is -0.272. The molecule has 0 atom stereocenters. The predicted octanol–water partition coefficient (Wildman–Crippen LogP) is 2.75. The van der Waals surface area contributed by atoms with Crippen LogP contribution >= 0.6 is 11.8 Å². The predicted molar refractivity (Wildman–Crippen MR) is 121 cm³/mol. The van der Waals surface area contributed by atoms with Crippen LogP contribution in [0.1, 0.15) is 5.89 Å². The van der Waals surface area contributed by atoms with Crippen LogP contribution in [0.5, 0.6) is 5.75 Å². The summed E-state index contributed by atoms with van der Waals surface area (Å²) in [7, 11) is 0.696. The zero-order valence-electron chi connectivity index (χ0n) is 18.2. The number of aromatic nitrogens is 2. The highest BCUT2D eigenvalue weighted by Crippen LogP contribution is 2.22. The van der Waals surface area contributed by atoms with E-state index in [1.54, 1.807) is 38.4 Å². The van der Waals surface area contributed by atoms with E-state index in [1.165, 1.54) is 35.8 Å². The van der Waals surface area contributed by atoms with E-state index in [1.807, 2.05) is 18.4 Å². The first-order chi connectivity index (χ1) is 15.2. The zero-order chi connectivity index (χ0) is 23.3. The molecule has 0 unspecified atom stereocenters. The van der Waals surface area contributed by atoms with Crippen LogP contribution in [0.2, 0.25) is 0 Å². The normalized spacial score (nSPS) is 11.5. The van der Waals surface area contributed by atoms with Crippen molar-refractivity contribution in [2.75, 3.05) is 34.0 Å². The van der Waals surface area contributed by atoms with Gasteiger partial charge in [0.2, 0.25) is 27.6 Å². The summed E-state index contributed by atoms with van der Waals surface area (Å²) in [5, 5.41) is 3.94. The van der Waals surface area contributed by atoms with Crippen molar-refractivity contribution < 1.29 is 22.5 Å². The molecule has 170 valence electrons. The minimum Gasteiger partial charge on any atom is -0.497 e. The van der Waals surface area contributed by atoms with Crippen LogP contribution < -0.4 is 4.74 Å². The second kappa shape index (κ2) is 10.2. The molecule has 1 heterocycles. The SMILES string of the molecule is COc1cccc(-c2noc(CN(C)C(=O)CN(C)S(=O)(=O)c3ccc(SC)cc3)n2)c1. The van der Waals surface area contributed by atoms with Crippen molar-refractivity contribution in [1.29, 1.82) is 0 Å². The van der Waals surface area contributed by atoms with Crippen LogP contribution in [0.25, 0.3) is 11.4 Å². The molecule has 0 spiro atoms. The minimum atomic E-state index is -3.79. The topological polar surface area (TPSA) is 106 Å². The lowest BCUT2D eigenvalue weighted by atomic mass is 10.2. The summed E-state index contributed by atoms with van der Waals surface area (Å²) in [5.41, 5.74) is 0.714. The van der Waals surface area contributed by atoms with Crippen molar-refractivity contribution in [3.63, 3.8) is 0 Å². The van der Waals surface area contributed by atoms with E-state index in [2.05, 4.69) is 10.1 Å². The molecule has 0 radical (unpaired) electrons. The van der Waals surface area contributed by atoms with Gasteiger partial charge in [0, 0.05) is 24.6 Å². The highest BCUT2D eigenvalue weighted by Gasteiger charge is 2.25. The molecule has 0 fully saturated rings. The molecule has 0 bridgehead atoms. The quantitative estimate of drug-likeness (QED) is 0.434. The number of ether oxygens (including phenoxy) is 1. The van der Waals surface area contributed by atoms with Crippen molar-refractivity contribution >= 4 is 27.7 Å². The lowest BCUT2D eigenvalue weighted by molar-refractivity contribution is -0.130. The maximum Gasteiger partial charge on any atom is 0.246 e. The van der Waals surface area contributed by atoms with Crippen LogP contribution in [-0.2, 0) is 21.4 Å². The molecule has 0 aliphatic carbocycles. The van der Waals surface area contributed by atoms with E-state index >= 15 is 0 Å². The Balaban J connectivity index is 1.63. The number of rotatable bonds is 9. The molecule has 9 nitrogen and oxygen atoms in total. The first-order valence-corrected chi connectivity index (χ1v) is 12.2. The molecule has 0 saturated carbocycles. The molecule has 3 aromatic rings. The van der Waals surface area contributed by atoms with Crippen LogP contribution in [0.3, 0.4) is 0 Å². The molecule has 3 rings (SSSR count). The Hall–Kier alpha value is -2.89. The number of nitrogens with zero attached hydrogens (tertiary/aromatic N) is 4. The van der Waals surface area contributed by atoms with Crippen molar-refractivity contribution in [3.05, 3.63) is 54.4 Å². The Morgan fingerprint density at radius 2 is 1.88 bits per heavy atom. The van der Waals surface area contributed by atoms with E-state index in [4.69, 9.17) is 9.26 Å². The summed E-state index contributed by atoms with van der Waals surface area (Å²) in [6, 6.07) is 13.7. The molecular weight excluding hydrogens is 452 g/mol. The van der Waals surface area contributed by atoms with E-state index in [-0.39, 0.29) is 23.9 Å². The first kappa shape index (κ1) is 23.8. The number of thioether (sulfide) groups is 1.